The fourth-order valence-electron chi connectivity index (χ4n) is 2.29. The SMILES string of the molecule is Cc1ccc(C(O)C(CN)c2ccccc2Br)c(Br)c1. The lowest BCUT2D eigenvalue weighted by molar-refractivity contribution is 0.146. The number of rotatable bonds is 4. The third-order valence-electron chi connectivity index (χ3n) is 3.41. The van der Waals surface area contributed by atoms with Gasteiger partial charge in [-0.3, -0.25) is 0 Å². The Balaban J connectivity index is 2.39. The van der Waals surface area contributed by atoms with Gasteiger partial charge in [-0.25, -0.2) is 0 Å². The monoisotopic (exact) mass is 397 g/mol. The maximum atomic E-state index is 10.7. The van der Waals surface area contributed by atoms with Gasteiger partial charge in [-0.05, 0) is 35.7 Å². The normalized spacial score (nSPS) is 14.1. The van der Waals surface area contributed by atoms with E-state index in [1.807, 2.05) is 49.4 Å². The van der Waals surface area contributed by atoms with Gasteiger partial charge in [-0.1, -0.05) is 62.2 Å². The number of hydrogen-bond donors (Lipinski definition) is 2. The van der Waals surface area contributed by atoms with Crippen LogP contribution in [0.5, 0.6) is 0 Å². The molecule has 0 spiro atoms. The van der Waals surface area contributed by atoms with E-state index in [0.717, 1.165) is 25.6 Å². The lowest BCUT2D eigenvalue weighted by Gasteiger charge is -2.24. The van der Waals surface area contributed by atoms with Crippen LogP contribution in [0.25, 0.3) is 0 Å². The van der Waals surface area contributed by atoms with Crippen LogP contribution in [0.4, 0.5) is 0 Å². The van der Waals surface area contributed by atoms with Crippen LogP contribution in [0.3, 0.4) is 0 Å². The summed E-state index contributed by atoms with van der Waals surface area (Å²) in [7, 11) is 0. The molecule has 2 atom stereocenters. The van der Waals surface area contributed by atoms with Gasteiger partial charge in [-0.15, -0.1) is 0 Å². The van der Waals surface area contributed by atoms with Crippen molar-refractivity contribution >= 4 is 31.9 Å². The molecule has 0 fully saturated rings. The van der Waals surface area contributed by atoms with Crippen LogP contribution in [-0.2, 0) is 0 Å². The van der Waals surface area contributed by atoms with Crippen molar-refractivity contribution in [1.29, 1.82) is 0 Å². The molecule has 4 heteroatoms. The van der Waals surface area contributed by atoms with Gasteiger partial charge in [0.05, 0.1) is 6.10 Å². The zero-order valence-electron chi connectivity index (χ0n) is 11.2. The largest absolute Gasteiger partial charge is 0.388 e. The first kappa shape index (κ1) is 15.7. The standard InChI is InChI=1S/C16H17Br2NO/c1-10-6-7-12(15(18)8-10)16(20)13(9-19)11-4-2-3-5-14(11)17/h2-8,13,16,20H,9,19H2,1H3. The predicted octanol–water partition coefficient (Wildman–Crippen LogP) is 4.30. The third kappa shape index (κ3) is 3.31. The molecule has 0 aliphatic heterocycles. The molecule has 2 aromatic rings. The number of aliphatic hydroxyl groups excluding tert-OH is 1. The van der Waals surface area contributed by atoms with E-state index in [1.54, 1.807) is 0 Å². The number of benzene rings is 2. The van der Waals surface area contributed by atoms with E-state index in [-0.39, 0.29) is 5.92 Å². The van der Waals surface area contributed by atoms with Crippen molar-refractivity contribution in [2.45, 2.75) is 18.9 Å². The summed E-state index contributed by atoms with van der Waals surface area (Å²) in [6, 6.07) is 13.8. The molecule has 0 amide bonds. The van der Waals surface area contributed by atoms with Gasteiger partial charge in [0.25, 0.3) is 0 Å². The minimum Gasteiger partial charge on any atom is -0.388 e. The number of halogens is 2. The number of nitrogens with two attached hydrogens (primary N) is 1. The molecule has 0 radical (unpaired) electrons. The average Bonchev–Trinajstić information content (AvgIpc) is 2.41. The van der Waals surface area contributed by atoms with E-state index < -0.39 is 6.10 Å². The van der Waals surface area contributed by atoms with Gasteiger partial charge in [0.2, 0.25) is 0 Å². The summed E-state index contributed by atoms with van der Waals surface area (Å²) in [4.78, 5) is 0. The summed E-state index contributed by atoms with van der Waals surface area (Å²) in [5.74, 6) is -0.149. The van der Waals surface area contributed by atoms with Gasteiger partial charge in [0.1, 0.15) is 0 Å². The Labute approximate surface area is 136 Å². The number of hydrogen-bond acceptors (Lipinski definition) is 2. The highest BCUT2D eigenvalue weighted by molar-refractivity contribution is 9.10. The van der Waals surface area contributed by atoms with Crippen LogP contribution in [0.2, 0.25) is 0 Å². The topological polar surface area (TPSA) is 46.2 Å². The third-order valence-corrected chi connectivity index (χ3v) is 4.82. The Bertz CT molecular complexity index is 601. The summed E-state index contributed by atoms with van der Waals surface area (Å²) >= 11 is 7.05. The van der Waals surface area contributed by atoms with Crippen LogP contribution < -0.4 is 5.73 Å². The summed E-state index contributed by atoms with van der Waals surface area (Å²) in [5.41, 5.74) is 8.93. The minimum absolute atomic E-state index is 0.149. The molecule has 2 aromatic carbocycles. The molecule has 0 saturated heterocycles. The first-order chi connectivity index (χ1) is 9.54. The molecule has 2 rings (SSSR count). The van der Waals surface area contributed by atoms with Crippen molar-refractivity contribution in [2.75, 3.05) is 6.54 Å². The second-order valence-corrected chi connectivity index (χ2v) is 6.54. The minimum atomic E-state index is -0.645. The second kappa shape index (κ2) is 6.85. The highest BCUT2D eigenvalue weighted by atomic mass is 79.9. The van der Waals surface area contributed by atoms with Crippen molar-refractivity contribution < 1.29 is 5.11 Å². The van der Waals surface area contributed by atoms with Crippen molar-refractivity contribution in [1.82, 2.24) is 0 Å². The Kier molecular flexibility index (Phi) is 5.38. The van der Waals surface area contributed by atoms with E-state index in [0.29, 0.717) is 6.54 Å². The summed E-state index contributed by atoms with van der Waals surface area (Å²) in [6.45, 7) is 2.40. The summed E-state index contributed by atoms with van der Waals surface area (Å²) < 4.78 is 1.88. The molecular weight excluding hydrogens is 382 g/mol. The molecule has 3 N–H and O–H groups in total. The molecule has 0 aliphatic carbocycles. The lowest BCUT2D eigenvalue weighted by Crippen LogP contribution is -2.21. The molecule has 20 heavy (non-hydrogen) atoms. The maximum Gasteiger partial charge on any atom is 0.0881 e. The zero-order valence-corrected chi connectivity index (χ0v) is 14.4. The Morgan fingerprint density at radius 3 is 2.35 bits per heavy atom. The van der Waals surface area contributed by atoms with Gasteiger partial charge < -0.3 is 10.8 Å². The molecule has 2 unspecified atom stereocenters. The van der Waals surface area contributed by atoms with E-state index >= 15 is 0 Å². The highest BCUT2D eigenvalue weighted by Crippen LogP contribution is 2.37. The fraction of sp³-hybridized carbons (Fsp3) is 0.250. The number of aliphatic hydroxyl groups is 1. The van der Waals surface area contributed by atoms with Gasteiger partial charge in [-0.2, -0.15) is 0 Å². The lowest BCUT2D eigenvalue weighted by atomic mass is 9.89. The van der Waals surface area contributed by atoms with E-state index in [1.165, 1.54) is 0 Å². The molecule has 0 aliphatic rings. The van der Waals surface area contributed by atoms with E-state index in [2.05, 4.69) is 31.9 Å². The van der Waals surface area contributed by atoms with Crippen molar-refractivity contribution in [2.24, 2.45) is 5.73 Å². The molecule has 0 saturated carbocycles. The Morgan fingerprint density at radius 1 is 1.05 bits per heavy atom. The van der Waals surface area contributed by atoms with E-state index in [4.69, 9.17) is 5.73 Å². The molecule has 106 valence electrons. The predicted molar refractivity (Wildman–Crippen MR) is 89.8 cm³/mol. The molecule has 0 heterocycles. The zero-order chi connectivity index (χ0) is 14.7. The van der Waals surface area contributed by atoms with Crippen molar-refractivity contribution in [3.63, 3.8) is 0 Å². The van der Waals surface area contributed by atoms with Crippen LogP contribution in [0.15, 0.2) is 51.4 Å². The summed E-state index contributed by atoms with van der Waals surface area (Å²) in [6.07, 6.45) is -0.645. The smallest absolute Gasteiger partial charge is 0.0881 e. The van der Waals surface area contributed by atoms with Crippen LogP contribution in [0, 0.1) is 6.92 Å². The van der Waals surface area contributed by atoms with Crippen LogP contribution in [-0.4, -0.2) is 11.7 Å². The maximum absolute atomic E-state index is 10.7. The number of aryl methyl sites for hydroxylation is 1. The highest BCUT2D eigenvalue weighted by Gasteiger charge is 2.24. The van der Waals surface area contributed by atoms with E-state index in [9.17, 15) is 5.11 Å². The first-order valence-electron chi connectivity index (χ1n) is 6.43. The Hall–Kier alpha value is -0.680. The van der Waals surface area contributed by atoms with Gasteiger partial charge in [0, 0.05) is 21.4 Å². The molecule has 0 bridgehead atoms. The van der Waals surface area contributed by atoms with Crippen LogP contribution in [0.1, 0.15) is 28.7 Å². The summed E-state index contributed by atoms with van der Waals surface area (Å²) in [5, 5.41) is 10.7. The second-order valence-electron chi connectivity index (χ2n) is 4.83. The first-order valence-corrected chi connectivity index (χ1v) is 8.01. The quantitative estimate of drug-likeness (QED) is 0.806. The average molecular weight is 399 g/mol. The molecular formula is C16H17Br2NO. The molecule has 0 aromatic heterocycles. The van der Waals surface area contributed by atoms with Gasteiger partial charge in [0.15, 0.2) is 0 Å². The van der Waals surface area contributed by atoms with Crippen molar-refractivity contribution in [3.05, 3.63) is 68.1 Å². The van der Waals surface area contributed by atoms with Crippen LogP contribution >= 0.6 is 31.9 Å². The van der Waals surface area contributed by atoms with Gasteiger partial charge >= 0.3 is 0 Å². The van der Waals surface area contributed by atoms with Crippen molar-refractivity contribution in [3.8, 4) is 0 Å². The molecule has 2 nitrogen and oxygen atoms in total. The fourth-order valence-corrected chi connectivity index (χ4v) is 3.60. The Morgan fingerprint density at radius 2 is 1.75 bits per heavy atom.